The number of thiophene rings is 1. The first-order chi connectivity index (χ1) is 7.80. The van der Waals surface area contributed by atoms with Crippen LogP contribution in [-0.2, 0) is 10.0 Å². The van der Waals surface area contributed by atoms with Gasteiger partial charge in [0, 0.05) is 13.6 Å². The Kier molecular flexibility index (Phi) is 4.26. The second kappa shape index (κ2) is 5.13. The molecule has 0 aromatic carbocycles. The van der Waals surface area contributed by atoms with Gasteiger partial charge in [-0.1, -0.05) is 0 Å². The Morgan fingerprint density at radius 2 is 2.12 bits per heavy atom. The van der Waals surface area contributed by atoms with E-state index in [0.717, 1.165) is 15.6 Å². The maximum atomic E-state index is 11.9. The number of carboxylic acids is 1. The van der Waals surface area contributed by atoms with Gasteiger partial charge in [0.1, 0.15) is 9.09 Å². The molecule has 0 unspecified atom stereocenters. The Morgan fingerprint density at radius 1 is 1.53 bits per heavy atom. The summed E-state index contributed by atoms with van der Waals surface area (Å²) in [6.07, 6.45) is 0. The van der Waals surface area contributed by atoms with Gasteiger partial charge in [0.2, 0.25) is 0 Å². The minimum absolute atomic E-state index is 0.0148. The minimum atomic E-state index is -3.71. The molecular formula is C9H13NO5S2. The molecule has 0 radical (unpaired) electrons. The fourth-order valence-corrected chi connectivity index (χ4v) is 3.96. The number of sulfonamides is 1. The van der Waals surface area contributed by atoms with Crippen LogP contribution in [0, 0.1) is 6.92 Å². The van der Waals surface area contributed by atoms with Gasteiger partial charge >= 0.3 is 5.97 Å². The van der Waals surface area contributed by atoms with Crippen LogP contribution >= 0.6 is 11.3 Å². The lowest BCUT2D eigenvalue weighted by molar-refractivity contribution is 0.0701. The Balaban J connectivity index is 3.17. The van der Waals surface area contributed by atoms with Crippen molar-refractivity contribution in [2.75, 3.05) is 20.2 Å². The van der Waals surface area contributed by atoms with Crippen LogP contribution < -0.4 is 0 Å². The molecule has 6 nitrogen and oxygen atoms in total. The summed E-state index contributed by atoms with van der Waals surface area (Å²) in [7, 11) is -2.37. The van der Waals surface area contributed by atoms with E-state index in [1.54, 1.807) is 6.92 Å². The van der Waals surface area contributed by atoms with Crippen LogP contribution in [-0.4, -0.2) is 49.1 Å². The average Bonchev–Trinajstić information content (AvgIpc) is 2.61. The molecule has 0 saturated heterocycles. The van der Waals surface area contributed by atoms with Crippen molar-refractivity contribution in [3.63, 3.8) is 0 Å². The fourth-order valence-electron chi connectivity index (χ4n) is 1.21. The second-order valence-electron chi connectivity index (χ2n) is 3.43. The third-order valence-corrected chi connectivity index (χ3v) is 5.70. The predicted octanol–water partition coefficient (Wildman–Crippen LogP) is 0.368. The molecule has 1 heterocycles. The lowest BCUT2D eigenvalue weighted by Gasteiger charge is -2.13. The van der Waals surface area contributed by atoms with E-state index in [-0.39, 0.29) is 22.2 Å². The zero-order valence-electron chi connectivity index (χ0n) is 9.37. The van der Waals surface area contributed by atoms with Crippen LogP contribution in [0.2, 0.25) is 0 Å². The van der Waals surface area contributed by atoms with Gasteiger partial charge in [0.25, 0.3) is 10.0 Å². The van der Waals surface area contributed by atoms with Gasteiger partial charge in [-0.05, 0) is 18.6 Å². The maximum absolute atomic E-state index is 11.9. The van der Waals surface area contributed by atoms with Crippen LogP contribution in [0.5, 0.6) is 0 Å². The Hall–Kier alpha value is -0.960. The van der Waals surface area contributed by atoms with E-state index in [1.807, 2.05) is 0 Å². The molecule has 1 rings (SSSR count). The number of carbonyl (C=O) groups is 1. The van der Waals surface area contributed by atoms with Crippen LogP contribution in [0.1, 0.15) is 15.2 Å². The first kappa shape index (κ1) is 14.1. The molecule has 1 aromatic heterocycles. The van der Waals surface area contributed by atoms with E-state index in [4.69, 9.17) is 10.2 Å². The molecule has 0 spiro atoms. The zero-order chi connectivity index (χ0) is 13.2. The molecule has 0 bridgehead atoms. The molecule has 8 heteroatoms. The van der Waals surface area contributed by atoms with Crippen molar-refractivity contribution in [3.8, 4) is 0 Å². The number of rotatable bonds is 5. The first-order valence-electron chi connectivity index (χ1n) is 4.71. The molecule has 0 saturated carbocycles. The van der Waals surface area contributed by atoms with Crippen LogP contribution in [0.15, 0.2) is 10.3 Å². The maximum Gasteiger partial charge on any atom is 0.346 e. The van der Waals surface area contributed by atoms with Gasteiger partial charge < -0.3 is 10.2 Å². The summed E-state index contributed by atoms with van der Waals surface area (Å²) in [6, 6.07) is 1.33. The summed E-state index contributed by atoms with van der Waals surface area (Å²) in [5.74, 6) is -1.14. The van der Waals surface area contributed by atoms with Crippen molar-refractivity contribution >= 4 is 27.3 Å². The molecule has 0 amide bonds. The van der Waals surface area contributed by atoms with E-state index in [9.17, 15) is 13.2 Å². The molecule has 0 aliphatic heterocycles. The highest BCUT2D eigenvalue weighted by Gasteiger charge is 2.25. The minimum Gasteiger partial charge on any atom is -0.477 e. The molecule has 0 atom stereocenters. The van der Waals surface area contributed by atoms with Crippen LogP contribution in [0.4, 0.5) is 0 Å². The predicted molar refractivity (Wildman–Crippen MR) is 62.9 cm³/mol. The van der Waals surface area contributed by atoms with Gasteiger partial charge in [-0.2, -0.15) is 4.31 Å². The second-order valence-corrected chi connectivity index (χ2v) is 6.76. The first-order valence-corrected chi connectivity index (χ1v) is 6.97. The number of likely N-dealkylation sites (N-methyl/N-ethyl adjacent to an activating group) is 1. The number of aromatic carboxylic acids is 1. The van der Waals surface area contributed by atoms with Crippen LogP contribution in [0.3, 0.4) is 0 Å². The van der Waals surface area contributed by atoms with Gasteiger partial charge in [-0.3, -0.25) is 0 Å². The highest BCUT2D eigenvalue weighted by Crippen LogP contribution is 2.27. The zero-order valence-corrected chi connectivity index (χ0v) is 11.0. The molecule has 0 aliphatic carbocycles. The summed E-state index contributed by atoms with van der Waals surface area (Å²) in [5, 5.41) is 17.5. The van der Waals surface area contributed by atoms with Gasteiger partial charge in [0.15, 0.2) is 0 Å². The Bertz CT molecular complexity index is 519. The van der Waals surface area contributed by atoms with E-state index in [2.05, 4.69) is 0 Å². The molecule has 2 N–H and O–H groups in total. The molecule has 0 fully saturated rings. The topological polar surface area (TPSA) is 94.9 Å². The quantitative estimate of drug-likeness (QED) is 0.812. The summed E-state index contributed by atoms with van der Waals surface area (Å²) < 4.78 is 24.9. The number of aliphatic hydroxyl groups is 1. The smallest absolute Gasteiger partial charge is 0.346 e. The number of carboxylic acid groups (broad SMARTS) is 1. The summed E-state index contributed by atoms with van der Waals surface area (Å²) in [5.41, 5.74) is 0.415. The third kappa shape index (κ3) is 2.83. The number of nitrogens with zero attached hydrogens (tertiary/aromatic N) is 1. The lowest BCUT2D eigenvalue weighted by Crippen LogP contribution is -2.29. The van der Waals surface area contributed by atoms with Crippen molar-refractivity contribution in [2.24, 2.45) is 0 Å². The van der Waals surface area contributed by atoms with Gasteiger partial charge in [-0.25, -0.2) is 13.2 Å². The SMILES string of the molecule is Cc1cc(S(=O)(=O)N(C)CCO)sc1C(=O)O. The van der Waals surface area contributed by atoms with Gasteiger partial charge in [-0.15, -0.1) is 11.3 Å². The van der Waals surface area contributed by atoms with Crippen molar-refractivity contribution in [3.05, 3.63) is 16.5 Å². The van der Waals surface area contributed by atoms with Crippen molar-refractivity contribution in [2.45, 2.75) is 11.1 Å². The number of aliphatic hydroxyl groups excluding tert-OH is 1. The van der Waals surface area contributed by atoms with Gasteiger partial charge in [0.05, 0.1) is 6.61 Å². The standard InChI is InChI=1S/C9H13NO5S2/c1-6-5-7(16-8(6)9(12)13)17(14,15)10(2)3-4-11/h5,11H,3-4H2,1-2H3,(H,12,13). The molecule has 96 valence electrons. The molecule has 0 aliphatic rings. The lowest BCUT2D eigenvalue weighted by atomic mass is 10.3. The Labute approximate surface area is 103 Å². The van der Waals surface area contributed by atoms with E-state index in [1.165, 1.54) is 13.1 Å². The Morgan fingerprint density at radius 3 is 2.53 bits per heavy atom. The van der Waals surface area contributed by atoms with Crippen molar-refractivity contribution in [1.82, 2.24) is 4.31 Å². The fraction of sp³-hybridized carbons (Fsp3) is 0.444. The number of hydrogen-bond acceptors (Lipinski definition) is 5. The summed E-state index contributed by atoms with van der Waals surface area (Å²) >= 11 is 0.718. The average molecular weight is 279 g/mol. The van der Waals surface area contributed by atoms with E-state index >= 15 is 0 Å². The largest absolute Gasteiger partial charge is 0.477 e. The van der Waals surface area contributed by atoms with Crippen molar-refractivity contribution < 1.29 is 23.4 Å². The molecule has 17 heavy (non-hydrogen) atoms. The highest BCUT2D eigenvalue weighted by atomic mass is 32.2. The number of hydrogen-bond donors (Lipinski definition) is 2. The highest BCUT2D eigenvalue weighted by molar-refractivity contribution is 7.91. The van der Waals surface area contributed by atoms with Crippen LogP contribution in [0.25, 0.3) is 0 Å². The summed E-state index contributed by atoms with van der Waals surface area (Å²) in [6.45, 7) is 1.23. The van der Waals surface area contributed by atoms with E-state index in [0.29, 0.717) is 5.56 Å². The number of aryl methyl sites for hydroxylation is 1. The normalized spacial score (nSPS) is 12.0. The molecular weight excluding hydrogens is 266 g/mol. The monoisotopic (exact) mass is 279 g/mol. The van der Waals surface area contributed by atoms with E-state index < -0.39 is 16.0 Å². The van der Waals surface area contributed by atoms with Crippen molar-refractivity contribution in [1.29, 1.82) is 0 Å². The summed E-state index contributed by atoms with van der Waals surface area (Å²) in [4.78, 5) is 10.8. The molecule has 1 aromatic rings. The third-order valence-electron chi connectivity index (χ3n) is 2.17.